The summed E-state index contributed by atoms with van der Waals surface area (Å²) in [7, 11) is 2.19. The summed E-state index contributed by atoms with van der Waals surface area (Å²) in [6.07, 6.45) is 13.2. The molecule has 1 saturated carbocycles. The van der Waals surface area contributed by atoms with Crippen molar-refractivity contribution in [3.63, 3.8) is 0 Å². The van der Waals surface area contributed by atoms with Crippen LogP contribution in [-0.2, 0) is 9.59 Å². The van der Waals surface area contributed by atoms with E-state index >= 15 is 0 Å². The molecule has 1 aliphatic carbocycles. The van der Waals surface area contributed by atoms with E-state index in [0.717, 1.165) is 52.1 Å². The van der Waals surface area contributed by atoms with Gasteiger partial charge in [-0.15, -0.1) is 0 Å². The molecule has 34 heavy (non-hydrogen) atoms. The Bertz CT molecular complexity index is 699. The number of fused-ring (bicyclic) bond motifs is 1. The van der Waals surface area contributed by atoms with Crippen LogP contribution < -0.4 is 10.6 Å². The Balaban J connectivity index is 1.11. The van der Waals surface area contributed by atoms with E-state index in [0.29, 0.717) is 25.2 Å². The van der Waals surface area contributed by atoms with E-state index < -0.39 is 0 Å². The molecule has 4 saturated heterocycles. The molecule has 0 radical (unpaired) electrons. The highest BCUT2D eigenvalue weighted by molar-refractivity contribution is 5.83. The number of rotatable bonds is 5. The van der Waals surface area contributed by atoms with Gasteiger partial charge in [-0.1, -0.05) is 19.3 Å². The molecule has 5 aliphatic rings. The molecule has 192 valence electrons. The fraction of sp³-hybridized carbons (Fsp3) is 0.923. The number of hydrogen-bond acceptors (Lipinski definition) is 6. The lowest BCUT2D eigenvalue weighted by atomic mass is 9.93. The van der Waals surface area contributed by atoms with E-state index in [1.807, 2.05) is 0 Å². The van der Waals surface area contributed by atoms with Crippen LogP contribution in [0.15, 0.2) is 0 Å². The highest BCUT2D eigenvalue weighted by Crippen LogP contribution is 2.33. The SMILES string of the molecule is CN1C(CCC(=O)N2CCN(C3CCCCN3)CC2)CNC(=O)C2C1CCN2C1CCCCC1. The zero-order valence-electron chi connectivity index (χ0n) is 21.2. The van der Waals surface area contributed by atoms with Crippen LogP contribution in [0.4, 0.5) is 0 Å². The number of piperazine rings is 1. The van der Waals surface area contributed by atoms with Gasteiger partial charge in [-0.3, -0.25) is 24.3 Å². The molecule has 5 rings (SSSR count). The van der Waals surface area contributed by atoms with Crippen molar-refractivity contribution in [3.8, 4) is 0 Å². The molecule has 5 fully saturated rings. The Labute approximate surface area is 205 Å². The van der Waals surface area contributed by atoms with Crippen molar-refractivity contribution in [2.45, 2.75) is 101 Å². The lowest BCUT2D eigenvalue weighted by molar-refractivity contribution is -0.134. The minimum atomic E-state index is -0.0183. The van der Waals surface area contributed by atoms with E-state index in [1.54, 1.807) is 0 Å². The number of hydrogen-bond donors (Lipinski definition) is 2. The van der Waals surface area contributed by atoms with Gasteiger partial charge >= 0.3 is 0 Å². The third-order valence-electron chi connectivity index (χ3n) is 9.41. The van der Waals surface area contributed by atoms with Crippen molar-refractivity contribution in [1.29, 1.82) is 0 Å². The zero-order valence-corrected chi connectivity index (χ0v) is 21.2. The molecule has 0 spiro atoms. The summed E-state index contributed by atoms with van der Waals surface area (Å²) in [6, 6.07) is 1.07. The van der Waals surface area contributed by atoms with E-state index in [2.05, 4.69) is 37.3 Å². The Morgan fingerprint density at radius 3 is 2.44 bits per heavy atom. The standard InChI is InChI=1S/C26H46N6O2/c1-29-21(10-11-24(33)31-17-15-30(16-18-31)23-9-5-6-13-27-23)19-28-26(34)25-22(29)12-14-32(25)20-7-3-2-4-8-20/h20-23,25,27H,2-19H2,1H3,(H,28,34). The third-order valence-corrected chi connectivity index (χ3v) is 9.41. The first kappa shape index (κ1) is 24.5. The molecule has 4 atom stereocenters. The van der Waals surface area contributed by atoms with E-state index in [4.69, 9.17) is 0 Å². The van der Waals surface area contributed by atoms with E-state index in [-0.39, 0.29) is 29.9 Å². The minimum absolute atomic E-state index is 0.0183. The van der Waals surface area contributed by atoms with Crippen molar-refractivity contribution in [3.05, 3.63) is 0 Å². The second kappa shape index (κ2) is 11.2. The molecule has 8 heteroatoms. The van der Waals surface area contributed by atoms with Crippen molar-refractivity contribution in [2.24, 2.45) is 0 Å². The molecule has 0 aromatic heterocycles. The van der Waals surface area contributed by atoms with Crippen molar-refractivity contribution in [2.75, 3.05) is 52.9 Å². The van der Waals surface area contributed by atoms with Gasteiger partial charge in [0.1, 0.15) is 6.04 Å². The average molecular weight is 475 g/mol. The maximum atomic E-state index is 13.1. The first-order valence-electron chi connectivity index (χ1n) is 14.1. The second-order valence-electron chi connectivity index (χ2n) is 11.3. The van der Waals surface area contributed by atoms with Crippen LogP contribution in [0.1, 0.15) is 70.6 Å². The molecule has 0 aromatic rings. The zero-order chi connectivity index (χ0) is 23.5. The fourth-order valence-electron chi connectivity index (χ4n) is 7.29. The Hall–Kier alpha value is -1.22. The summed E-state index contributed by atoms with van der Waals surface area (Å²) in [5, 5.41) is 6.89. The van der Waals surface area contributed by atoms with E-state index in [9.17, 15) is 9.59 Å². The number of nitrogens with one attached hydrogen (secondary N) is 2. The Kier molecular flexibility index (Phi) is 8.08. The van der Waals surface area contributed by atoms with Crippen molar-refractivity contribution < 1.29 is 9.59 Å². The molecule has 4 heterocycles. The normalized spacial score (nSPS) is 35.1. The largest absolute Gasteiger partial charge is 0.353 e. The van der Waals surface area contributed by atoms with Gasteiger partial charge in [0, 0.05) is 63.8 Å². The van der Waals surface area contributed by atoms with Gasteiger partial charge in [-0.25, -0.2) is 0 Å². The smallest absolute Gasteiger partial charge is 0.239 e. The predicted molar refractivity (Wildman–Crippen MR) is 133 cm³/mol. The third kappa shape index (κ3) is 5.30. The molecule has 0 bridgehead atoms. The summed E-state index contributed by atoms with van der Waals surface area (Å²) in [5.74, 6) is 0.494. The first-order chi connectivity index (χ1) is 16.6. The monoisotopic (exact) mass is 474 g/mol. The highest BCUT2D eigenvalue weighted by atomic mass is 16.2. The Morgan fingerprint density at radius 1 is 0.941 bits per heavy atom. The maximum Gasteiger partial charge on any atom is 0.239 e. The highest BCUT2D eigenvalue weighted by Gasteiger charge is 2.47. The van der Waals surface area contributed by atoms with Gasteiger partial charge in [0.2, 0.25) is 11.8 Å². The van der Waals surface area contributed by atoms with E-state index in [1.165, 1.54) is 51.4 Å². The van der Waals surface area contributed by atoms with Crippen LogP contribution in [0.3, 0.4) is 0 Å². The van der Waals surface area contributed by atoms with Gasteiger partial charge in [0.25, 0.3) is 0 Å². The van der Waals surface area contributed by atoms with Crippen LogP contribution in [0.25, 0.3) is 0 Å². The lowest BCUT2D eigenvalue weighted by Crippen LogP contribution is -2.56. The fourth-order valence-corrected chi connectivity index (χ4v) is 7.29. The number of carbonyl (C=O) groups excluding carboxylic acids is 2. The summed E-state index contributed by atoms with van der Waals surface area (Å²) in [6.45, 7) is 6.45. The summed E-state index contributed by atoms with van der Waals surface area (Å²) in [4.78, 5) is 35.7. The average Bonchev–Trinajstić information content (AvgIpc) is 3.30. The van der Waals surface area contributed by atoms with Crippen LogP contribution in [0, 0.1) is 0 Å². The van der Waals surface area contributed by atoms with Crippen LogP contribution >= 0.6 is 0 Å². The number of likely N-dealkylation sites (tertiary alicyclic amines) is 1. The van der Waals surface area contributed by atoms with Crippen LogP contribution in [0.2, 0.25) is 0 Å². The van der Waals surface area contributed by atoms with Crippen molar-refractivity contribution >= 4 is 11.8 Å². The number of piperidine rings is 1. The van der Waals surface area contributed by atoms with Gasteiger partial charge in [0.15, 0.2) is 0 Å². The van der Waals surface area contributed by atoms with Gasteiger partial charge in [-0.2, -0.15) is 0 Å². The predicted octanol–water partition coefficient (Wildman–Crippen LogP) is 1.22. The number of amides is 2. The summed E-state index contributed by atoms with van der Waals surface area (Å²) >= 11 is 0. The van der Waals surface area contributed by atoms with Crippen molar-refractivity contribution in [1.82, 2.24) is 30.2 Å². The van der Waals surface area contributed by atoms with Crippen LogP contribution in [-0.4, -0.2) is 115 Å². The van der Waals surface area contributed by atoms with Gasteiger partial charge in [-0.05, 0) is 58.5 Å². The molecular formula is C26H46N6O2. The summed E-state index contributed by atoms with van der Waals surface area (Å²) < 4.78 is 0. The Morgan fingerprint density at radius 2 is 1.71 bits per heavy atom. The topological polar surface area (TPSA) is 71.2 Å². The van der Waals surface area contributed by atoms with Gasteiger partial charge in [0.05, 0.1) is 6.17 Å². The maximum absolute atomic E-state index is 13.1. The van der Waals surface area contributed by atoms with Gasteiger partial charge < -0.3 is 15.5 Å². The molecule has 8 nitrogen and oxygen atoms in total. The summed E-state index contributed by atoms with van der Waals surface area (Å²) in [5.41, 5.74) is 0. The lowest BCUT2D eigenvalue weighted by Gasteiger charge is -2.41. The number of nitrogens with zero attached hydrogens (tertiary/aromatic N) is 4. The molecule has 0 aromatic carbocycles. The molecule has 4 unspecified atom stereocenters. The number of likely N-dealkylation sites (N-methyl/N-ethyl adjacent to an activating group) is 1. The quantitative estimate of drug-likeness (QED) is 0.624. The minimum Gasteiger partial charge on any atom is -0.353 e. The van der Waals surface area contributed by atoms with Crippen LogP contribution in [0.5, 0.6) is 0 Å². The number of carbonyl (C=O) groups is 2. The first-order valence-corrected chi connectivity index (χ1v) is 14.1. The molecule has 4 aliphatic heterocycles. The second-order valence-corrected chi connectivity index (χ2v) is 11.3. The molecule has 2 N–H and O–H groups in total. The molecular weight excluding hydrogens is 428 g/mol. The molecule has 2 amide bonds.